The van der Waals surface area contributed by atoms with E-state index < -0.39 is 0 Å². The third kappa shape index (κ3) is 2.25. The number of carbonyl (C=O) groups is 2. The summed E-state index contributed by atoms with van der Waals surface area (Å²) in [7, 11) is 0. The van der Waals surface area contributed by atoms with Crippen LogP contribution in [0.2, 0.25) is 0 Å². The van der Waals surface area contributed by atoms with Crippen molar-refractivity contribution in [3.63, 3.8) is 0 Å². The van der Waals surface area contributed by atoms with E-state index in [9.17, 15) is 9.59 Å². The first kappa shape index (κ1) is 14.4. The van der Waals surface area contributed by atoms with Gasteiger partial charge in [0.05, 0.1) is 11.1 Å². The van der Waals surface area contributed by atoms with E-state index >= 15 is 0 Å². The van der Waals surface area contributed by atoms with Gasteiger partial charge in [0.25, 0.3) is 11.8 Å². The number of nitrogens with zero attached hydrogens (tertiary/aromatic N) is 2. The van der Waals surface area contributed by atoms with Crippen LogP contribution in [0.1, 0.15) is 26.4 Å². The quantitative estimate of drug-likeness (QED) is 0.498. The SMILES string of the molecule is Cc1cccc[n+]1CN1C(=O)c2ccccc2C1=O.[Br-]. The number of rotatable bonds is 2. The topological polar surface area (TPSA) is 41.3 Å². The Morgan fingerprint density at radius 2 is 1.50 bits per heavy atom. The van der Waals surface area contributed by atoms with Crippen LogP contribution in [0, 0.1) is 6.92 Å². The van der Waals surface area contributed by atoms with E-state index in [1.54, 1.807) is 24.3 Å². The lowest BCUT2D eigenvalue weighted by Crippen LogP contribution is -3.00. The molecule has 0 atom stereocenters. The molecule has 2 heterocycles. The summed E-state index contributed by atoms with van der Waals surface area (Å²) in [5.74, 6) is -0.451. The summed E-state index contributed by atoms with van der Waals surface area (Å²) in [4.78, 5) is 25.7. The van der Waals surface area contributed by atoms with Crippen LogP contribution in [0.15, 0.2) is 48.7 Å². The maximum Gasteiger partial charge on any atom is 0.266 e. The van der Waals surface area contributed by atoms with E-state index in [0.717, 1.165) is 5.69 Å². The van der Waals surface area contributed by atoms with Crippen molar-refractivity contribution in [2.24, 2.45) is 0 Å². The third-order valence-electron chi connectivity index (χ3n) is 3.34. The molecule has 2 aromatic rings. The zero-order valence-electron chi connectivity index (χ0n) is 10.9. The molecule has 0 radical (unpaired) electrons. The zero-order valence-corrected chi connectivity index (χ0v) is 12.5. The second-order valence-electron chi connectivity index (χ2n) is 4.54. The molecule has 0 bridgehead atoms. The number of pyridine rings is 1. The average molecular weight is 333 g/mol. The molecule has 0 aliphatic carbocycles. The number of amides is 2. The summed E-state index contributed by atoms with van der Waals surface area (Å²) in [6.45, 7) is 2.19. The fraction of sp³-hybridized carbons (Fsp3) is 0.133. The lowest BCUT2D eigenvalue weighted by molar-refractivity contribution is -0.715. The van der Waals surface area contributed by atoms with Crippen LogP contribution >= 0.6 is 0 Å². The number of imide groups is 1. The zero-order chi connectivity index (χ0) is 13.4. The van der Waals surface area contributed by atoms with Crippen molar-refractivity contribution in [3.8, 4) is 0 Å². The molecule has 3 rings (SSSR count). The highest BCUT2D eigenvalue weighted by Crippen LogP contribution is 2.21. The van der Waals surface area contributed by atoms with Gasteiger partial charge in [-0.25, -0.2) is 4.90 Å². The van der Waals surface area contributed by atoms with E-state index in [4.69, 9.17) is 0 Å². The molecule has 0 saturated carbocycles. The third-order valence-corrected chi connectivity index (χ3v) is 3.34. The van der Waals surface area contributed by atoms with Crippen molar-refractivity contribution < 1.29 is 31.1 Å². The Morgan fingerprint density at radius 3 is 2.05 bits per heavy atom. The van der Waals surface area contributed by atoms with Crippen molar-refractivity contribution >= 4 is 11.8 Å². The van der Waals surface area contributed by atoms with Crippen molar-refractivity contribution in [2.45, 2.75) is 13.6 Å². The van der Waals surface area contributed by atoms with Gasteiger partial charge in [-0.2, -0.15) is 4.57 Å². The summed E-state index contributed by atoms with van der Waals surface area (Å²) >= 11 is 0. The highest BCUT2D eigenvalue weighted by atomic mass is 79.9. The number of fused-ring (bicyclic) bond motifs is 1. The molecule has 1 aromatic heterocycles. The highest BCUT2D eigenvalue weighted by molar-refractivity contribution is 6.21. The Bertz CT molecular complexity index is 650. The molecule has 1 aliphatic rings. The Morgan fingerprint density at radius 1 is 0.950 bits per heavy atom. The summed E-state index contributed by atoms with van der Waals surface area (Å²) < 4.78 is 1.88. The van der Waals surface area contributed by atoms with E-state index in [-0.39, 0.29) is 35.5 Å². The summed E-state index contributed by atoms with van der Waals surface area (Å²) in [6.07, 6.45) is 1.86. The van der Waals surface area contributed by atoms with Crippen molar-refractivity contribution in [2.75, 3.05) is 0 Å². The van der Waals surface area contributed by atoms with Gasteiger partial charge in [0.15, 0.2) is 11.9 Å². The van der Waals surface area contributed by atoms with Gasteiger partial charge in [-0.15, -0.1) is 0 Å². The van der Waals surface area contributed by atoms with Crippen molar-refractivity contribution in [1.29, 1.82) is 0 Å². The molecule has 0 N–H and O–H groups in total. The number of halogens is 1. The van der Waals surface area contributed by atoms with Crippen LogP contribution in [-0.4, -0.2) is 16.7 Å². The molecular formula is C15H13BrN2O2. The molecule has 0 unspecified atom stereocenters. The van der Waals surface area contributed by atoms with E-state index in [1.165, 1.54) is 4.90 Å². The first-order chi connectivity index (χ1) is 9.18. The molecule has 5 heteroatoms. The van der Waals surface area contributed by atoms with E-state index in [2.05, 4.69) is 0 Å². The predicted octanol–water partition coefficient (Wildman–Crippen LogP) is -1.46. The largest absolute Gasteiger partial charge is 1.00 e. The molecule has 4 nitrogen and oxygen atoms in total. The van der Waals surface area contributed by atoms with Gasteiger partial charge in [-0.3, -0.25) is 9.59 Å². The molecule has 2 amide bonds. The summed E-state index contributed by atoms with van der Waals surface area (Å²) in [5, 5.41) is 0. The molecule has 20 heavy (non-hydrogen) atoms. The minimum absolute atomic E-state index is 0. The Hall–Kier alpha value is -2.01. The first-order valence-electron chi connectivity index (χ1n) is 6.09. The molecule has 0 fully saturated rings. The Kier molecular flexibility index (Phi) is 3.99. The number of aryl methyl sites for hydroxylation is 1. The van der Waals surface area contributed by atoms with Gasteiger partial charge in [-0.05, 0) is 12.1 Å². The van der Waals surface area contributed by atoms with Gasteiger partial charge < -0.3 is 17.0 Å². The molecule has 102 valence electrons. The second kappa shape index (κ2) is 5.54. The van der Waals surface area contributed by atoms with Gasteiger partial charge >= 0.3 is 0 Å². The standard InChI is InChI=1S/C15H13N2O2.BrH/c1-11-6-4-5-9-16(11)10-17-14(18)12-7-2-3-8-13(12)15(17)19;/h2-9H,10H2,1H3;1H/q+1;/p-1. The maximum absolute atomic E-state index is 12.2. The first-order valence-corrected chi connectivity index (χ1v) is 6.09. The Labute approximate surface area is 127 Å². The molecule has 1 aliphatic heterocycles. The number of aromatic nitrogens is 1. The van der Waals surface area contributed by atoms with Crippen LogP contribution in [0.5, 0.6) is 0 Å². The minimum atomic E-state index is -0.226. The van der Waals surface area contributed by atoms with Gasteiger partial charge in [-0.1, -0.05) is 18.2 Å². The fourth-order valence-electron chi connectivity index (χ4n) is 2.24. The number of benzene rings is 1. The molecular weight excluding hydrogens is 320 g/mol. The molecule has 0 saturated heterocycles. The van der Waals surface area contributed by atoms with Crippen LogP contribution in [0.4, 0.5) is 0 Å². The summed E-state index contributed by atoms with van der Waals surface area (Å²) in [6, 6.07) is 12.7. The number of hydrogen-bond donors (Lipinski definition) is 0. The van der Waals surface area contributed by atoms with E-state index in [0.29, 0.717) is 11.1 Å². The van der Waals surface area contributed by atoms with Gasteiger partial charge in [0.1, 0.15) is 0 Å². The molecule has 0 spiro atoms. The highest BCUT2D eigenvalue weighted by Gasteiger charge is 2.37. The maximum atomic E-state index is 12.2. The predicted molar refractivity (Wildman–Crippen MR) is 68.3 cm³/mol. The van der Waals surface area contributed by atoms with Crippen LogP contribution in [0.3, 0.4) is 0 Å². The van der Waals surface area contributed by atoms with Crippen LogP contribution in [0.25, 0.3) is 0 Å². The van der Waals surface area contributed by atoms with Gasteiger partial charge in [0, 0.05) is 19.1 Å². The lowest BCUT2D eigenvalue weighted by atomic mass is 10.1. The molecule has 1 aromatic carbocycles. The Balaban J connectivity index is 0.00000147. The second-order valence-corrected chi connectivity index (χ2v) is 4.54. The van der Waals surface area contributed by atoms with Crippen LogP contribution in [-0.2, 0) is 6.67 Å². The van der Waals surface area contributed by atoms with Crippen molar-refractivity contribution in [3.05, 3.63) is 65.5 Å². The summed E-state index contributed by atoms with van der Waals surface area (Å²) in [5.41, 5.74) is 1.97. The smallest absolute Gasteiger partial charge is 0.266 e. The van der Waals surface area contributed by atoms with Gasteiger partial charge in [0.2, 0.25) is 6.67 Å². The van der Waals surface area contributed by atoms with Crippen molar-refractivity contribution in [1.82, 2.24) is 4.90 Å². The normalized spacial score (nSPS) is 13.2. The monoisotopic (exact) mass is 332 g/mol. The average Bonchev–Trinajstić information content (AvgIpc) is 2.67. The number of hydrogen-bond acceptors (Lipinski definition) is 2. The number of carbonyl (C=O) groups excluding carboxylic acids is 2. The lowest BCUT2D eigenvalue weighted by Gasteiger charge is -2.10. The van der Waals surface area contributed by atoms with E-state index in [1.807, 2.05) is 35.9 Å². The van der Waals surface area contributed by atoms with Crippen LogP contribution < -0.4 is 21.5 Å². The minimum Gasteiger partial charge on any atom is -1.00 e. The fourth-order valence-corrected chi connectivity index (χ4v) is 2.24.